The molecule has 3 rings (SSSR count). The van der Waals surface area contributed by atoms with Gasteiger partial charge in [-0.15, -0.1) is 10.2 Å². The third-order valence-electron chi connectivity index (χ3n) is 4.40. The molecule has 0 saturated carbocycles. The minimum absolute atomic E-state index is 0.145. The van der Waals surface area contributed by atoms with Crippen molar-refractivity contribution in [2.45, 2.75) is 20.4 Å². The highest BCUT2D eigenvalue weighted by Gasteiger charge is 2.18. The van der Waals surface area contributed by atoms with Crippen molar-refractivity contribution in [3.8, 4) is 0 Å². The lowest BCUT2D eigenvalue weighted by Gasteiger charge is -2.21. The van der Waals surface area contributed by atoms with Crippen LogP contribution in [0.5, 0.6) is 0 Å². The summed E-state index contributed by atoms with van der Waals surface area (Å²) in [5.41, 5.74) is 3.52. The predicted molar refractivity (Wildman–Crippen MR) is 109 cm³/mol. The first-order valence-electron chi connectivity index (χ1n) is 9.06. The summed E-state index contributed by atoms with van der Waals surface area (Å²) in [6.07, 6.45) is 0. The minimum atomic E-state index is -0.145. The summed E-state index contributed by atoms with van der Waals surface area (Å²) in [7, 11) is 1.96. The summed E-state index contributed by atoms with van der Waals surface area (Å²) in [4.78, 5) is 16.6. The molecular formula is C22H24N4O. The summed E-state index contributed by atoms with van der Waals surface area (Å²) in [6, 6.07) is 21.6. The third-order valence-corrected chi connectivity index (χ3v) is 4.40. The van der Waals surface area contributed by atoms with E-state index < -0.39 is 0 Å². The number of carbonyl (C=O) groups excluding carboxylic acids is 1. The molecule has 0 spiro atoms. The van der Waals surface area contributed by atoms with Gasteiger partial charge in [-0.3, -0.25) is 4.79 Å². The van der Waals surface area contributed by atoms with Crippen LogP contribution in [0.3, 0.4) is 0 Å². The Morgan fingerprint density at radius 1 is 0.963 bits per heavy atom. The number of amides is 1. The van der Waals surface area contributed by atoms with Gasteiger partial charge in [0.2, 0.25) is 0 Å². The first-order valence-corrected chi connectivity index (χ1v) is 9.06. The second kappa shape index (κ2) is 8.45. The maximum Gasteiger partial charge on any atom is 0.278 e. The summed E-state index contributed by atoms with van der Waals surface area (Å²) >= 11 is 0. The van der Waals surface area contributed by atoms with Crippen molar-refractivity contribution < 1.29 is 4.79 Å². The van der Waals surface area contributed by atoms with Crippen molar-refractivity contribution in [3.05, 3.63) is 83.6 Å². The van der Waals surface area contributed by atoms with E-state index in [1.807, 2.05) is 74.3 Å². The Bertz CT molecular complexity index is 894. The summed E-state index contributed by atoms with van der Waals surface area (Å²) in [6.45, 7) is 5.27. The first-order chi connectivity index (χ1) is 13.1. The first kappa shape index (κ1) is 18.6. The molecule has 0 N–H and O–H groups in total. The van der Waals surface area contributed by atoms with Crippen LogP contribution >= 0.6 is 0 Å². The van der Waals surface area contributed by atoms with Gasteiger partial charge in [0.15, 0.2) is 11.5 Å². The normalized spacial score (nSPS) is 10.5. The molecule has 0 unspecified atom stereocenters. The fourth-order valence-electron chi connectivity index (χ4n) is 2.96. The Balaban J connectivity index is 1.74. The molecule has 2 aromatic carbocycles. The number of aryl methyl sites for hydroxylation is 1. The monoisotopic (exact) mass is 360 g/mol. The van der Waals surface area contributed by atoms with Crippen molar-refractivity contribution in [3.63, 3.8) is 0 Å². The zero-order chi connectivity index (χ0) is 19.2. The SMILES string of the molecule is CCN(C(=O)c1ccc(N(C)Cc2ccccc2)nn1)c1cccc(C)c1. The van der Waals surface area contributed by atoms with Crippen LogP contribution in [-0.2, 0) is 6.54 Å². The molecule has 0 radical (unpaired) electrons. The largest absolute Gasteiger partial charge is 0.354 e. The van der Waals surface area contributed by atoms with Gasteiger partial charge in [-0.2, -0.15) is 0 Å². The molecule has 0 aliphatic rings. The van der Waals surface area contributed by atoms with E-state index >= 15 is 0 Å². The smallest absolute Gasteiger partial charge is 0.278 e. The summed E-state index contributed by atoms with van der Waals surface area (Å²) in [5, 5.41) is 8.43. The second-order valence-corrected chi connectivity index (χ2v) is 6.51. The highest BCUT2D eigenvalue weighted by Crippen LogP contribution is 2.19. The quantitative estimate of drug-likeness (QED) is 0.664. The van der Waals surface area contributed by atoms with E-state index in [0.29, 0.717) is 12.2 Å². The average molecular weight is 360 g/mol. The molecule has 3 aromatic rings. The number of aromatic nitrogens is 2. The van der Waals surface area contributed by atoms with Gasteiger partial charge in [-0.1, -0.05) is 42.5 Å². The van der Waals surface area contributed by atoms with E-state index in [4.69, 9.17) is 0 Å². The van der Waals surface area contributed by atoms with E-state index in [2.05, 4.69) is 22.3 Å². The third kappa shape index (κ3) is 4.50. The number of benzene rings is 2. The standard InChI is InChI=1S/C22H24N4O/c1-4-26(19-12-8-9-17(2)15-19)22(27)20-13-14-21(24-23-20)25(3)16-18-10-6-5-7-11-18/h5-15H,4,16H2,1-3H3. The Kier molecular flexibility index (Phi) is 5.81. The lowest BCUT2D eigenvalue weighted by Crippen LogP contribution is -2.31. The van der Waals surface area contributed by atoms with Crippen LogP contribution in [0, 0.1) is 6.92 Å². The van der Waals surface area contributed by atoms with Gasteiger partial charge in [-0.05, 0) is 49.2 Å². The van der Waals surface area contributed by atoms with Gasteiger partial charge in [0.25, 0.3) is 5.91 Å². The molecule has 0 atom stereocenters. The highest BCUT2D eigenvalue weighted by atomic mass is 16.2. The number of hydrogen-bond donors (Lipinski definition) is 0. The van der Waals surface area contributed by atoms with Gasteiger partial charge in [-0.25, -0.2) is 0 Å². The highest BCUT2D eigenvalue weighted by molar-refractivity contribution is 6.04. The molecule has 0 aliphatic heterocycles. The van der Waals surface area contributed by atoms with Gasteiger partial charge in [0.1, 0.15) is 0 Å². The minimum Gasteiger partial charge on any atom is -0.354 e. The van der Waals surface area contributed by atoms with Gasteiger partial charge < -0.3 is 9.80 Å². The zero-order valence-corrected chi connectivity index (χ0v) is 16.0. The maximum absolute atomic E-state index is 12.9. The van der Waals surface area contributed by atoms with Gasteiger partial charge in [0.05, 0.1) is 0 Å². The average Bonchev–Trinajstić information content (AvgIpc) is 2.69. The van der Waals surface area contributed by atoms with Crippen LogP contribution in [0.2, 0.25) is 0 Å². The number of rotatable bonds is 6. The number of hydrogen-bond acceptors (Lipinski definition) is 4. The molecule has 1 aromatic heterocycles. The van der Waals surface area contributed by atoms with Crippen molar-refractivity contribution >= 4 is 17.4 Å². The summed E-state index contributed by atoms with van der Waals surface area (Å²) < 4.78 is 0. The van der Waals surface area contributed by atoms with E-state index in [1.54, 1.807) is 11.0 Å². The molecule has 27 heavy (non-hydrogen) atoms. The van der Waals surface area contributed by atoms with Crippen LogP contribution < -0.4 is 9.80 Å². The molecule has 0 bridgehead atoms. The van der Waals surface area contributed by atoms with Crippen LogP contribution in [-0.4, -0.2) is 29.7 Å². The number of nitrogens with zero attached hydrogens (tertiary/aromatic N) is 4. The van der Waals surface area contributed by atoms with Gasteiger partial charge in [0, 0.05) is 25.8 Å². The Labute approximate surface area is 160 Å². The zero-order valence-electron chi connectivity index (χ0n) is 16.0. The summed E-state index contributed by atoms with van der Waals surface area (Å²) in [5.74, 6) is 0.585. The molecule has 0 aliphatic carbocycles. The number of anilines is 2. The van der Waals surface area contributed by atoms with Crippen LogP contribution in [0.1, 0.15) is 28.5 Å². The van der Waals surface area contributed by atoms with Crippen molar-refractivity contribution in [1.82, 2.24) is 10.2 Å². The molecule has 1 heterocycles. The molecule has 5 nitrogen and oxygen atoms in total. The van der Waals surface area contributed by atoms with Crippen LogP contribution in [0.4, 0.5) is 11.5 Å². The molecule has 1 amide bonds. The second-order valence-electron chi connectivity index (χ2n) is 6.51. The maximum atomic E-state index is 12.9. The fourth-order valence-corrected chi connectivity index (χ4v) is 2.96. The fraction of sp³-hybridized carbons (Fsp3) is 0.227. The Morgan fingerprint density at radius 2 is 1.74 bits per heavy atom. The topological polar surface area (TPSA) is 49.3 Å². The van der Waals surface area contributed by atoms with E-state index in [1.165, 1.54) is 5.56 Å². The Hall–Kier alpha value is -3.21. The molecule has 0 saturated heterocycles. The van der Waals surface area contributed by atoms with E-state index in [-0.39, 0.29) is 5.91 Å². The van der Waals surface area contributed by atoms with Crippen molar-refractivity contribution in [2.24, 2.45) is 0 Å². The lowest BCUT2D eigenvalue weighted by atomic mass is 10.2. The van der Waals surface area contributed by atoms with E-state index in [0.717, 1.165) is 23.6 Å². The molecule has 138 valence electrons. The molecular weight excluding hydrogens is 336 g/mol. The van der Waals surface area contributed by atoms with Crippen LogP contribution in [0.15, 0.2) is 66.7 Å². The predicted octanol–water partition coefficient (Wildman–Crippen LogP) is 4.09. The van der Waals surface area contributed by atoms with Gasteiger partial charge >= 0.3 is 0 Å². The van der Waals surface area contributed by atoms with Crippen LogP contribution in [0.25, 0.3) is 0 Å². The Morgan fingerprint density at radius 3 is 2.37 bits per heavy atom. The lowest BCUT2D eigenvalue weighted by molar-refractivity contribution is 0.0982. The number of carbonyl (C=O) groups is 1. The molecule has 0 fully saturated rings. The van der Waals surface area contributed by atoms with Crippen molar-refractivity contribution in [1.29, 1.82) is 0 Å². The van der Waals surface area contributed by atoms with Crippen molar-refractivity contribution in [2.75, 3.05) is 23.4 Å². The van der Waals surface area contributed by atoms with E-state index in [9.17, 15) is 4.79 Å². The molecule has 5 heteroatoms.